The Bertz CT molecular complexity index is 467. The van der Waals surface area contributed by atoms with Crippen LogP contribution in [0.5, 0.6) is 0 Å². The van der Waals surface area contributed by atoms with Gasteiger partial charge in [-0.3, -0.25) is 9.79 Å². The van der Waals surface area contributed by atoms with Crippen molar-refractivity contribution in [3.8, 4) is 0 Å². The lowest BCUT2D eigenvalue weighted by atomic mass is 10.00. The summed E-state index contributed by atoms with van der Waals surface area (Å²) in [5.41, 5.74) is 0. The van der Waals surface area contributed by atoms with Crippen LogP contribution in [0.3, 0.4) is 0 Å². The van der Waals surface area contributed by atoms with Gasteiger partial charge in [-0.05, 0) is 58.4 Å². The molecule has 2 atom stereocenters. The maximum atomic E-state index is 12.4. The first-order chi connectivity index (χ1) is 13.1. The molecule has 0 aliphatic carbocycles. The van der Waals surface area contributed by atoms with Gasteiger partial charge >= 0.3 is 0 Å². The van der Waals surface area contributed by atoms with Gasteiger partial charge in [0.05, 0.1) is 0 Å². The van der Waals surface area contributed by atoms with Crippen molar-refractivity contribution >= 4 is 11.9 Å². The smallest absolute Gasteiger partial charge is 0.224 e. The molecule has 2 saturated heterocycles. The average molecular weight is 380 g/mol. The van der Waals surface area contributed by atoms with Gasteiger partial charge in [-0.1, -0.05) is 13.3 Å². The van der Waals surface area contributed by atoms with Crippen molar-refractivity contribution in [1.82, 2.24) is 20.4 Å². The van der Waals surface area contributed by atoms with Gasteiger partial charge in [0.2, 0.25) is 5.91 Å². The molecule has 0 aromatic carbocycles. The summed E-state index contributed by atoms with van der Waals surface area (Å²) in [5.74, 6) is 1.74. The number of carbonyl (C=O) groups is 1. The fourth-order valence-electron chi connectivity index (χ4n) is 4.16. The summed E-state index contributed by atoms with van der Waals surface area (Å²) >= 11 is 0. The maximum absolute atomic E-state index is 12.4. The monoisotopic (exact) mass is 379 g/mol. The van der Waals surface area contributed by atoms with Crippen LogP contribution in [0.15, 0.2) is 4.99 Å². The zero-order chi connectivity index (χ0) is 19.5. The lowest BCUT2D eigenvalue weighted by Crippen LogP contribution is -2.42. The van der Waals surface area contributed by atoms with Gasteiger partial charge in [0, 0.05) is 51.7 Å². The Morgan fingerprint density at radius 1 is 1.11 bits per heavy atom. The summed E-state index contributed by atoms with van der Waals surface area (Å²) in [6, 6.07) is 0.720. The summed E-state index contributed by atoms with van der Waals surface area (Å²) < 4.78 is 0. The van der Waals surface area contributed by atoms with Crippen molar-refractivity contribution in [1.29, 1.82) is 0 Å². The lowest BCUT2D eigenvalue weighted by Gasteiger charge is -2.33. The predicted octanol–water partition coefficient (Wildman–Crippen LogP) is 2.45. The van der Waals surface area contributed by atoms with E-state index in [1.165, 1.54) is 32.2 Å². The standard InChI is InChI=1S/C21H41N5O/c1-4-22-21(23-12-8-16-25-14-6-5-10-19(25)3)24-13-11-20(27)26-15-7-9-18(2)17-26/h18-19H,4-17H2,1-3H3,(H2,22,23,24). The van der Waals surface area contributed by atoms with Gasteiger partial charge in [0.15, 0.2) is 5.96 Å². The van der Waals surface area contributed by atoms with Gasteiger partial charge in [-0.15, -0.1) is 0 Å². The molecular formula is C21H41N5O. The third kappa shape index (κ3) is 8.08. The van der Waals surface area contributed by atoms with Crippen LogP contribution in [0.25, 0.3) is 0 Å². The van der Waals surface area contributed by atoms with Gasteiger partial charge in [0.1, 0.15) is 0 Å². The van der Waals surface area contributed by atoms with E-state index >= 15 is 0 Å². The second-order valence-electron chi connectivity index (χ2n) is 8.26. The Morgan fingerprint density at radius 3 is 2.70 bits per heavy atom. The van der Waals surface area contributed by atoms with Gasteiger partial charge in [0.25, 0.3) is 0 Å². The molecule has 2 rings (SSSR count). The van der Waals surface area contributed by atoms with E-state index < -0.39 is 0 Å². The molecule has 0 radical (unpaired) electrons. The minimum Gasteiger partial charge on any atom is -0.357 e. The number of carbonyl (C=O) groups excluding carboxylic acids is 1. The number of hydrogen-bond donors (Lipinski definition) is 2. The number of rotatable bonds is 8. The number of amides is 1. The van der Waals surface area contributed by atoms with E-state index in [0.717, 1.165) is 57.6 Å². The molecule has 6 heteroatoms. The molecular weight excluding hydrogens is 338 g/mol. The minimum absolute atomic E-state index is 0.268. The highest BCUT2D eigenvalue weighted by molar-refractivity contribution is 5.81. The van der Waals surface area contributed by atoms with Crippen molar-refractivity contribution in [2.24, 2.45) is 10.9 Å². The number of nitrogens with zero attached hydrogens (tertiary/aromatic N) is 3. The SMILES string of the molecule is CCNC(=NCCCN1CCCCC1C)NCCC(=O)N1CCCC(C)C1. The third-order valence-corrected chi connectivity index (χ3v) is 5.80. The van der Waals surface area contributed by atoms with E-state index in [2.05, 4.69) is 41.3 Å². The number of piperidine rings is 2. The van der Waals surface area contributed by atoms with Crippen LogP contribution in [0.4, 0.5) is 0 Å². The molecule has 2 heterocycles. The van der Waals surface area contributed by atoms with Gasteiger partial charge in [-0.25, -0.2) is 0 Å². The molecule has 0 bridgehead atoms. The molecule has 0 spiro atoms. The number of nitrogens with one attached hydrogen (secondary N) is 2. The summed E-state index contributed by atoms with van der Waals surface area (Å²) in [6.45, 7) is 13.2. The molecule has 2 N–H and O–H groups in total. The number of guanidine groups is 1. The fourth-order valence-corrected chi connectivity index (χ4v) is 4.16. The highest BCUT2D eigenvalue weighted by Gasteiger charge is 2.20. The zero-order valence-electron chi connectivity index (χ0n) is 17.8. The van der Waals surface area contributed by atoms with E-state index in [4.69, 9.17) is 0 Å². The van der Waals surface area contributed by atoms with Crippen molar-refractivity contribution in [3.63, 3.8) is 0 Å². The predicted molar refractivity (Wildman–Crippen MR) is 113 cm³/mol. The topological polar surface area (TPSA) is 60.0 Å². The largest absolute Gasteiger partial charge is 0.357 e. The lowest BCUT2D eigenvalue weighted by molar-refractivity contribution is -0.132. The van der Waals surface area contributed by atoms with Gasteiger partial charge < -0.3 is 20.4 Å². The molecule has 2 aliphatic rings. The molecule has 1 amide bonds. The van der Waals surface area contributed by atoms with Crippen LogP contribution in [-0.4, -0.2) is 73.5 Å². The Hall–Kier alpha value is -1.30. The van der Waals surface area contributed by atoms with Crippen LogP contribution in [0.2, 0.25) is 0 Å². The highest BCUT2D eigenvalue weighted by Crippen LogP contribution is 2.16. The van der Waals surface area contributed by atoms with Gasteiger partial charge in [-0.2, -0.15) is 0 Å². The number of likely N-dealkylation sites (tertiary alicyclic amines) is 2. The van der Waals surface area contributed by atoms with E-state index in [9.17, 15) is 4.79 Å². The van der Waals surface area contributed by atoms with Crippen molar-refractivity contribution in [2.45, 2.75) is 71.8 Å². The first kappa shape index (κ1) is 22.0. The summed E-state index contributed by atoms with van der Waals surface area (Å²) in [6.07, 6.45) is 8.06. The van der Waals surface area contributed by atoms with E-state index in [1.807, 2.05) is 4.90 Å². The molecule has 0 aromatic rings. The highest BCUT2D eigenvalue weighted by atomic mass is 16.2. The number of hydrogen-bond acceptors (Lipinski definition) is 3. The normalized spacial score (nSPS) is 24.7. The molecule has 2 unspecified atom stereocenters. The van der Waals surface area contributed by atoms with E-state index in [-0.39, 0.29) is 5.91 Å². The molecule has 2 aliphatic heterocycles. The molecule has 0 aromatic heterocycles. The molecule has 2 fully saturated rings. The maximum Gasteiger partial charge on any atom is 0.224 e. The van der Waals surface area contributed by atoms with Crippen molar-refractivity contribution < 1.29 is 4.79 Å². The fraction of sp³-hybridized carbons (Fsp3) is 0.905. The number of aliphatic imine (C=N–C) groups is 1. The Balaban J connectivity index is 1.66. The molecule has 156 valence electrons. The van der Waals surface area contributed by atoms with Crippen LogP contribution < -0.4 is 10.6 Å². The van der Waals surface area contributed by atoms with Crippen LogP contribution in [0, 0.1) is 5.92 Å². The Morgan fingerprint density at radius 2 is 1.96 bits per heavy atom. The van der Waals surface area contributed by atoms with Crippen LogP contribution in [0.1, 0.15) is 65.7 Å². The summed E-state index contributed by atoms with van der Waals surface area (Å²) in [7, 11) is 0. The zero-order valence-corrected chi connectivity index (χ0v) is 17.8. The van der Waals surface area contributed by atoms with Crippen molar-refractivity contribution in [3.05, 3.63) is 0 Å². The molecule has 27 heavy (non-hydrogen) atoms. The quantitative estimate of drug-likeness (QED) is 0.386. The molecule has 0 saturated carbocycles. The molecule has 6 nitrogen and oxygen atoms in total. The summed E-state index contributed by atoms with van der Waals surface area (Å²) in [4.78, 5) is 21.7. The Labute approximate surface area is 166 Å². The first-order valence-corrected chi connectivity index (χ1v) is 11.1. The summed E-state index contributed by atoms with van der Waals surface area (Å²) in [5, 5.41) is 6.62. The van der Waals surface area contributed by atoms with Crippen molar-refractivity contribution in [2.75, 3.05) is 45.8 Å². The minimum atomic E-state index is 0.268. The van der Waals surface area contributed by atoms with Crippen LogP contribution >= 0.6 is 0 Å². The second-order valence-corrected chi connectivity index (χ2v) is 8.26. The average Bonchev–Trinajstić information content (AvgIpc) is 2.66. The van der Waals surface area contributed by atoms with E-state index in [1.54, 1.807) is 0 Å². The van der Waals surface area contributed by atoms with Crippen LogP contribution in [-0.2, 0) is 4.79 Å². The Kier molecular flexibility index (Phi) is 9.95. The third-order valence-electron chi connectivity index (χ3n) is 5.80. The first-order valence-electron chi connectivity index (χ1n) is 11.1. The van der Waals surface area contributed by atoms with E-state index in [0.29, 0.717) is 18.9 Å². The second kappa shape index (κ2) is 12.2.